The SMILES string of the molecule is COCCNc1nc2ccccc2n1CC(=O)N1CCN(C(c2ccccc2)c2ccccc2)CC1. The summed E-state index contributed by atoms with van der Waals surface area (Å²) < 4.78 is 7.15. The monoisotopic (exact) mass is 483 g/mol. The Morgan fingerprint density at radius 2 is 1.50 bits per heavy atom. The van der Waals surface area contributed by atoms with Gasteiger partial charge in [-0.1, -0.05) is 72.8 Å². The van der Waals surface area contributed by atoms with Gasteiger partial charge in [-0.3, -0.25) is 9.69 Å². The first-order chi connectivity index (χ1) is 17.7. The Bertz CT molecular complexity index is 1230. The van der Waals surface area contributed by atoms with Gasteiger partial charge in [-0.2, -0.15) is 0 Å². The molecule has 4 aromatic rings. The number of anilines is 1. The van der Waals surface area contributed by atoms with Crippen molar-refractivity contribution in [2.45, 2.75) is 12.6 Å². The van der Waals surface area contributed by atoms with Gasteiger partial charge in [-0.15, -0.1) is 0 Å². The van der Waals surface area contributed by atoms with E-state index in [0.717, 1.165) is 24.1 Å². The smallest absolute Gasteiger partial charge is 0.242 e. The first-order valence-corrected chi connectivity index (χ1v) is 12.5. The van der Waals surface area contributed by atoms with Gasteiger partial charge in [0, 0.05) is 39.8 Å². The predicted molar refractivity (Wildman–Crippen MR) is 143 cm³/mol. The van der Waals surface area contributed by atoms with E-state index in [1.165, 1.54) is 11.1 Å². The molecule has 0 aliphatic carbocycles. The van der Waals surface area contributed by atoms with Crippen molar-refractivity contribution < 1.29 is 9.53 Å². The summed E-state index contributed by atoms with van der Waals surface area (Å²) in [5.41, 5.74) is 4.39. The van der Waals surface area contributed by atoms with Gasteiger partial charge in [0.05, 0.1) is 23.7 Å². The van der Waals surface area contributed by atoms with Crippen LogP contribution >= 0.6 is 0 Å². The Morgan fingerprint density at radius 3 is 2.14 bits per heavy atom. The lowest BCUT2D eigenvalue weighted by atomic mass is 9.96. The van der Waals surface area contributed by atoms with Crippen molar-refractivity contribution in [3.63, 3.8) is 0 Å². The fourth-order valence-electron chi connectivity index (χ4n) is 4.98. The highest BCUT2D eigenvalue weighted by molar-refractivity contribution is 5.83. The summed E-state index contributed by atoms with van der Waals surface area (Å²) in [6.45, 7) is 4.52. The number of hydrogen-bond donors (Lipinski definition) is 1. The fraction of sp³-hybridized carbons (Fsp3) is 0.310. The number of aromatic nitrogens is 2. The van der Waals surface area contributed by atoms with Crippen LogP contribution in [0, 0.1) is 0 Å². The molecule has 186 valence electrons. The molecule has 1 aliphatic rings. The molecular weight excluding hydrogens is 450 g/mol. The number of piperazine rings is 1. The molecule has 1 amide bonds. The maximum Gasteiger partial charge on any atom is 0.242 e. The third kappa shape index (κ3) is 5.27. The van der Waals surface area contributed by atoms with Crippen LogP contribution < -0.4 is 5.32 Å². The van der Waals surface area contributed by atoms with Gasteiger partial charge in [-0.25, -0.2) is 4.98 Å². The van der Waals surface area contributed by atoms with Crippen LogP contribution in [0.15, 0.2) is 84.9 Å². The number of amides is 1. The number of fused-ring (bicyclic) bond motifs is 1. The largest absolute Gasteiger partial charge is 0.383 e. The minimum atomic E-state index is 0.114. The molecule has 1 saturated heterocycles. The molecule has 1 aromatic heterocycles. The number of carbonyl (C=O) groups excluding carboxylic acids is 1. The number of nitrogens with zero attached hydrogens (tertiary/aromatic N) is 4. The summed E-state index contributed by atoms with van der Waals surface area (Å²) in [5.74, 6) is 0.817. The number of methoxy groups -OCH3 is 1. The molecule has 0 radical (unpaired) electrons. The summed E-state index contributed by atoms with van der Waals surface area (Å²) in [6, 6.07) is 29.4. The van der Waals surface area contributed by atoms with E-state index in [2.05, 4.69) is 70.9 Å². The average molecular weight is 484 g/mol. The maximum atomic E-state index is 13.4. The van der Waals surface area contributed by atoms with Crippen LogP contribution in [0.25, 0.3) is 11.0 Å². The van der Waals surface area contributed by atoms with Crippen LogP contribution in [-0.2, 0) is 16.1 Å². The Morgan fingerprint density at radius 1 is 0.889 bits per heavy atom. The highest BCUT2D eigenvalue weighted by atomic mass is 16.5. The minimum Gasteiger partial charge on any atom is -0.383 e. The lowest BCUT2D eigenvalue weighted by Crippen LogP contribution is -2.50. The molecule has 7 nitrogen and oxygen atoms in total. The molecule has 0 saturated carbocycles. The third-order valence-electron chi connectivity index (χ3n) is 6.80. The summed E-state index contributed by atoms with van der Waals surface area (Å²) in [4.78, 5) is 22.6. The van der Waals surface area contributed by atoms with Crippen LogP contribution in [0.3, 0.4) is 0 Å². The molecule has 3 aromatic carbocycles. The first-order valence-electron chi connectivity index (χ1n) is 12.5. The number of hydrogen-bond acceptors (Lipinski definition) is 5. The van der Waals surface area contributed by atoms with Crippen molar-refractivity contribution >= 4 is 22.9 Å². The second kappa shape index (κ2) is 11.4. The molecule has 7 heteroatoms. The van der Waals surface area contributed by atoms with E-state index in [0.29, 0.717) is 32.2 Å². The average Bonchev–Trinajstić information content (AvgIpc) is 3.27. The van der Waals surface area contributed by atoms with Gasteiger partial charge >= 0.3 is 0 Å². The lowest BCUT2D eigenvalue weighted by Gasteiger charge is -2.40. The highest BCUT2D eigenvalue weighted by Crippen LogP contribution is 2.29. The summed E-state index contributed by atoms with van der Waals surface area (Å²) in [6.07, 6.45) is 0. The van der Waals surface area contributed by atoms with Crippen LogP contribution in [0.2, 0.25) is 0 Å². The summed E-state index contributed by atoms with van der Waals surface area (Å²) in [7, 11) is 1.67. The second-order valence-corrected chi connectivity index (χ2v) is 9.07. The van der Waals surface area contributed by atoms with Crippen LogP contribution in [0.4, 0.5) is 5.95 Å². The Balaban J connectivity index is 1.29. The molecule has 1 N–H and O–H groups in total. The van der Waals surface area contributed by atoms with Crippen LogP contribution in [0.1, 0.15) is 17.2 Å². The van der Waals surface area contributed by atoms with E-state index in [1.807, 2.05) is 33.7 Å². The van der Waals surface area contributed by atoms with Gasteiger partial charge in [0.15, 0.2) is 0 Å². The van der Waals surface area contributed by atoms with Crippen molar-refractivity contribution in [2.24, 2.45) is 0 Å². The van der Waals surface area contributed by atoms with Crippen molar-refractivity contribution in [3.05, 3.63) is 96.1 Å². The van der Waals surface area contributed by atoms with Crippen molar-refractivity contribution in [1.82, 2.24) is 19.4 Å². The van der Waals surface area contributed by atoms with Gasteiger partial charge in [0.2, 0.25) is 11.9 Å². The van der Waals surface area contributed by atoms with E-state index in [1.54, 1.807) is 7.11 Å². The first kappa shape index (κ1) is 24.0. The van der Waals surface area contributed by atoms with E-state index in [4.69, 9.17) is 9.72 Å². The number of imidazole rings is 1. The predicted octanol–water partition coefficient (Wildman–Crippen LogP) is 4.03. The Labute approximate surface area is 212 Å². The van der Waals surface area contributed by atoms with E-state index >= 15 is 0 Å². The Kier molecular flexibility index (Phi) is 7.59. The van der Waals surface area contributed by atoms with E-state index < -0.39 is 0 Å². The number of nitrogens with one attached hydrogen (secondary N) is 1. The molecule has 0 bridgehead atoms. The molecular formula is C29H33N5O2. The van der Waals surface area contributed by atoms with Crippen molar-refractivity contribution in [3.8, 4) is 0 Å². The van der Waals surface area contributed by atoms with Crippen LogP contribution in [-0.4, -0.2) is 71.7 Å². The van der Waals surface area contributed by atoms with Crippen molar-refractivity contribution in [1.29, 1.82) is 0 Å². The van der Waals surface area contributed by atoms with Gasteiger partial charge in [-0.05, 0) is 23.3 Å². The standard InChI is InChI=1S/C29H33N5O2/c1-36-21-16-30-29-31-25-14-8-9-15-26(25)34(29)22-27(35)32-17-19-33(20-18-32)28(23-10-4-2-5-11-23)24-12-6-3-7-13-24/h2-15,28H,16-22H2,1H3,(H,30,31). The van der Waals surface area contributed by atoms with Gasteiger partial charge < -0.3 is 19.5 Å². The topological polar surface area (TPSA) is 62.6 Å². The molecule has 0 unspecified atom stereocenters. The molecule has 1 aliphatic heterocycles. The summed E-state index contributed by atoms with van der Waals surface area (Å²) >= 11 is 0. The zero-order valence-electron chi connectivity index (χ0n) is 20.7. The molecule has 1 fully saturated rings. The quantitative estimate of drug-likeness (QED) is 0.364. The molecule has 0 atom stereocenters. The van der Waals surface area contributed by atoms with E-state index in [-0.39, 0.29) is 18.5 Å². The van der Waals surface area contributed by atoms with Gasteiger partial charge in [0.1, 0.15) is 6.54 Å². The summed E-state index contributed by atoms with van der Waals surface area (Å²) in [5, 5.41) is 3.32. The zero-order valence-corrected chi connectivity index (χ0v) is 20.7. The fourth-order valence-corrected chi connectivity index (χ4v) is 4.98. The van der Waals surface area contributed by atoms with Crippen molar-refractivity contribution in [2.75, 3.05) is 51.8 Å². The van der Waals surface area contributed by atoms with E-state index in [9.17, 15) is 4.79 Å². The van der Waals surface area contributed by atoms with Gasteiger partial charge in [0.25, 0.3) is 0 Å². The lowest BCUT2D eigenvalue weighted by molar-refractivity contribution is -0.133. The Hall–Kier alpha value is -3.68. The number of carbonyl (C=O) groups is 1. The highest BCUT2D eigenvalue weighted by Gasteiger charge is 2.28. The third-order valence-corrected chi connectivity index (χ3v) is 6.80. The normalized spacial score (nSPS) is 14.4. The number of ether oxygens (including phenoxy) is 1. The number of rotatable bonds is 9. The molecule has 2 heterocycles. The number of para-hydroxylation sites is 2. The molecule has 5 rings (SSSR count). The second-order valence-electron chi connectivity index (χ2n) is 9.07. The zero-order chi connectivity index (χ0) is 24.7. The van der Waals surface area contributed by atoms with Crippen LogP contribution in [0.5, 0.6) is 0 Å². The minimum absolute atomic E-state index is 0.114. The molecule has 36 heavy (non-hydrogen) atoms. The number of benzene rings is 3. The molecule has 0 spiro atoms. The maximum absolute atomic E-state index is 13.4.